The number of carbonyl (C=O) groups is 2. The van der Waals surface area contributed by atoms with E-state index in [1.165, 1.54) is 0 Å². The maximum Gasteiger partial charge on any atom is 0.238 e. The van der Waals surface area contributed by atoms with Gasteiger partial charge in [-0.2, -0.15) is 5.26 Å². The van der Waals surface area contributed by atoms with Crippen LogP contribution in [0.1, 0.15) is 24.0 Å². The van der Waals surface area contributed by atoms with Gasteiger partial charge in [0.15, 0.2) is 0 Å². The smallest absolute Gasteiger partial charge is 0.238 e. The third-order valence-corrected chi connectivity index (χ3v) is 5.25. The normalized spacial score (nSPS) is 14.8. The molecule has 150 valence electrons. The monoisotopic (exact) mass is 410 g/mol. The van der Waals surface area contributed by atoms with Gasteiger partial charge in [0, 0.05) is 17.5 Å². The van der Waals surface area contributed by atoms with Crippen LogP contribution >= 0.6 is 11.6 Å². The number of amides is 2. The summed E-state index contributed by atoms with van der Waals surface area (Å²) in [5.41, 5.74) is 1.87. The molecule has 0 saturated carbocycles. The average molecular weight is 411 g/mol. The largest absolute Gasteiger partial charge is 0.352 e. The Balaban J connectivity index is 1.43. The summed E-state index contributed by atoms with van der Waals surface area (Å²) in [6, 6.07) is 16.6. The number of benzene rings is 2. The fraction of sp³-hybridized carbons (Fsp3) is 0.318. The fourth-order valence-electron chi connectivity index (χ4n) is 3.39. The molecule has 1 fully saturated rings. The van der Waals surface area contributed by atoms with Gasteiger partial charge in [-0.25, -0.2) is 0 Å². The molecule has 1 aliphatic rings. The molecule has 2 aromatic rings. The summed E-state index contributed by atoms with van der Waals surface area (Å²) in [7, 11) is 0. The molecule has 6 nitrogen and oxygen atoms in total. The van der Waals surface area contributed by atoms with Crippen LogP contribution in [0.2, 0.25) is 5.02 Å². The predicted octanol–water partition coefficient (Wildman–Crippen LogP) is 3.18. The first-order valence-electron chi connectivity index (χ1n) is 9.58. The fourth-order valence-corrected chi connectivity index (χ4v) is 3.56. The summed E-state index contributed by atoms with van der Waals surface area (Å²) in [5.74, 6) is -0.164. The lowest BCUT2D eigenvalue weighted by atomic mass is 9.96. The molecular formula is C22H23ClN4O2. The minimum atomic E-state index is -0.198. The van der Waals surface area contributed by atoms with Crippen LogP contribution in [0.3, 0.4) is 0 Å². The molecule has 1 heterocycles. The lowest BCUT2D eigenvalue weighted by molar-refractivity contribution is -0.126. The average Bonchev–Trinajstić information content (AvgIpc) is 2.73. The Morgan fingerprint density at radius 1 is 1.14 bits per heavy atom. The van der Waals surface area contributed by atoms with Crippen molar-refractivity contribution >= 4 is 29.1 Å². The molecule has 1 saturated heterocycles. The minimum absolute atomic E-state index is 0.0313. The summed E-state index contributed by atoms with van der Waals surface area (Å²) in [4.78, 5) is 26.8. The van der Waals surface area contributed by atoms with Gasteiger partial charge in [0.05, 0.1) is 17.8 Å². The van der Waals surface area contributed by atoms with Gasteiger partial charge in [0.25, 0.3) is 0 Å². The molecular weight excluding hydrogens is 388 g/mol. The molecule has 1 aliphatic heterocycles. The molecule has 7 heteroatoms. The highest BCUT2D eigenvalue weighted by atomic mass is 35.5. The van der Waals surface area contributed by atoms with E-state index < -0.39 is 0 Å². The number of halogens is 1. The molecule has 0 radical (unpaired) electrons. The van der Waals surface area contributed by atoms with Crippen LogP contribution in [0.4, 0.5) is 5.69 Å². The van der Waals surface area contributed by atoms with Crippen LogP contribution in [0.25, 0.3) is 0 Å². The lowest BCUT2D eigenvalue weighted by Crippen LogP contribution is -2.43. The summed E-state index contributed by atoms with van der Waals surface area (Å²) >= 11 is 5.95. The Bertz CT molecular complexity index is 903. The lowest BCUT2D eigenvalue weighted by Gasteiger charge is -2.30. The number of nitrogens with zero attached hydrogens (tertiary/aromatic N) is 2. The first kappa shape index (κ1) is 20.8. The van der Waals surface area contributed by atoms with Crippen LogP contribution in [0.5, 0.6) is 0 Å². The van der Waals surface area contributed by atoms with E-state index in [1.54, 1.807) is 18.2 Å². The molecule has 0 atom stereocenters. The van der Waals surface area contributed by atoms with E-state index in [4.69, 9.17) is 16.9 Å². The van der Waals surface area contributed by atoms with Crippen LogP contribution in [0, 0.1) is 17.2 Å². The Kier molecular flexibility index (Phi) is 7.23. The van der Waals surface area contributed by atoms with Gasteiger partial charge in [0.1, 0.15) is 6.07 Å². The number of carbonyl (C=O) groups excluding carboxylic acids is 2. The molecule has 2 aromatic carbocycles. The van der Waals surface area contributed by atoms with Crippen molar-refractivity contribution in [2.24, 2.45) is 5.92 Å². The maximum absolute atomic E-state index is 12.4. The Morgan fingerprint density at radius 2 is 1.86 bits per heavy atom. The Labute approximate surface area is 175 Å². The van der Waals surface area contributed by atoms with Crippen molar-refractivity contribution in [1.82, 2.24) is 10.2 Å². The molecule has 2 amide bonds. The number of likely N-dealkylation sites (tertiary alicyclic amines) is 1. The molecule has 0 unspecified atom stereocenters. The molecule has 0 aromatic heterocycles. The number of piperidine rings is 1. The third-order valence-electron chi connectivity index (χ3n) is 5.01. The molecule has 29 heavy (non-hydrogen) atoms. The Morgan fingerprint density at radius 3 is 2.55 bits per heavy atom. The van der Waals surface area contributed by atoms with Gasteiger partial charge in [0.2, 0.25) is 11.8 Å². The van der Waals surface area contributed by atoms with Gasteiger partial charge in [-0.15, -0.1) is 0 Å². The first-order chi connectivity index (χ1) is 14.0. The number of anilines is 1. The number of hydrogen-bond donors (Lipinski definition) is 2. The number of hydrogen-bond acceptors (Lipinski definition) is 4. The van der Waals surface area contributed by atoms with Crippen molar-refractivity contribution < 1.29 is 9.59 Å². The highest BCUT2D eigenvalue weighted by Crippen LogP contribution is 2.21. The van der Waals surface area contributed by atoms with Gasteiger partial charge in [-0.1, -0.05) is 41.9 Å². The Hall–Kier alpha value is -2.88. The molecule has 0 spiro atoms. The van der Waals surface area contributed by atoms with Crippen LogP contribution in [0.15, 0.2) is 48.5 Å². The number of rotatable bonds is 6. The minimum Gasteiger partial charge on any atom is -0.352 e. The topological polar surface area (TPSA) is 85.2 Å². The summed E-state index contributed by atoms with van der Waals surface area (Å²) < 4.78 is 0. The quantitative estimate of drug-likeness (QED) is 0.765. The van der Waals surface area contributed by atoms with E-state index in [9.17, 15) is 9.59 Å². The molecule has 2 N–H and O–H groups in total. The third kappa shape index (κ3) is 6.05. The van der Waals surface area contributed by atoms with Gasteiger partial charge >= 0.3 is 0 Å². The predicted molar refractivity (Wildman–Crippen MR) is 112 cm³/mol. The zero-order valence-corrected chi connectivity index (χ0v) is 16.8. The van der Waals surface area contributed by atoms with Gasteiger partial charge in [-0.05, 0) is 49.7 Å². The van der Waals surface area contributed by atoms with E-state index in [1.807, 2.05) is 41.3 Å². The highest BCUT2D eigenvalue weighted by molar-refractivity contribution is 6.31. The number of nitriles is 1. The van der Waals surface area contributed by atoms with Crippen molar-refractivity contribution in [1.29, 1.82) is 5.26 Å². The summed E-state index contributed by atoms with van der Waals surface area (Å²) in [5, 5.41) is 15.4. The number of nitrogens with one attached hydrogen (secondary N) is 2. The van der Waals surface area contributed by atoms with Crippen molar-refractivity contribution in [2.45, 2.75) is 19.4 Å². The van der Waals surface area contributed by atoms with E-state index in [2.05, 4.69) is 10.6 Å². The van der Waals surface area contributed by atoms with Gasteiger partial charge in [-0.3, -0.25) is 14.5 Å². The SMILES string of the molecule is N#Cc1ccc(Cl)cc1NC(=O)CN1CCC(C(=O)NCc2ccccc2)CC1. The van der Waals surface area contributed by atoms with Crippen molar-refractivity contribution in [3.63, 3.8) is 0 Å². The highest BCUT2D eigenvalue weighted by Gasteiger charge is 2.25. The van der Waals surface area contributed by atoms with E-state index in [0.717, 1.165) is 5.56 Å². The van der Waals surface area contributed by atoms with Crippen molar-refractivity contribution in [2.75, 3.05) is 25.0 Å². The van der Waals surface area contributed by atoms with E-state index in [0.29, 0.717) is 48.7 Å². The second kappa shape index (κ2) is 10.1. The zero-order valence-electron chi connectivity index (χ0n) is 16.0. The van der Waals surface area contributed by atoms with E-state index in [-0.39, 0.29) is 24.3 Å². The van der Waals surface area contributed by atoms with Crippen LogP contribution < -0.4 is 10.6 Å². The standard InChI is InChI=1S/C22H23ClN4O2/c23-19-7-6-18(13-24)20(12-19)26-21(28)15-27-10-8-17(9-11-27)22(29)25-14-16-4-2-1-3-5-16/h1-7,12,17H,8-11,14-15H2,(H,25,29)(H,26,28). The first-order valence-corrected chi connectivity index (χ1v) is 9.96. The molecule has 3 rings (SSSR count). The van der Waals surface area contributed by atoms with Gasteiger partial charge < -0.3 is 10.6 Å². The maximum atomic E-state index is 12.4. The van der Waals surface area contributed by atoms with Crippen LogP contribution in [-0.4, -0.2) is 36.3 Å². The van der Waals surface area contributed by atoms with Crippen molar-refractivity contribution in [3.05, 3.63) is 64.7 Å². The van der Waals surface area contributed by atoms with E-state index >= 15 is 0 Å². The second-order valence-electron chi connectivity index (χ2n) is 7.10. The zero-order chi connectivity index (χ0) is 20.6. The molecule has 0 bridgehead atoms. The summed E-state index contributed by atoms with van der Waals surface area (Å²) in [6.07, 6.45) is 1.43. The molecule has 0 aliphatic carbocycles. The van der Waals surface area contributed by atoms with Crippen LogP contribution in [-0.2, 0) is 16.1 Å². The second-order valence-corrected chi connectivity index (χ2v) is 7.54. The van der Waals surface area contributed by atoms with Crippen molar-refractivity contribution in [3.8, 4) is 6.07 Å². The summed E-state index contributed by atoms with van der Waals surface area (Å²) in [6.45, 7) is 2.11.